The highest BCUT2D eigenvalue weighted by atomic mass is 35.5. The van der Waals surface area contributed by atoms with Gasteiger partial charge in [0.2, 0.25) is 5.91 Å². The Bertz CT molecular complexity index is 593. The standard InChI is InChI=1S/C16H20F2N2O2.ClH/c1-16(9-19,10-2-3-10)20-15(22)7-6-14(21)12-5-4-11(17)8-13(12)18;/h4-5,8,10H,2-3,6-7,9,19H2,1H3,(H,20,22);1H. The van der Waals surface area contributed by atoms with Gasteiger partial charge >= 0.3 is 0 Å². The number of rotatable bonds is 7. The van der Waals surface area contributed by atoms with Crippen molar-refractivity contribution in [2.45, 2.75) is 38.1 Å². The Balaban J connectivity index is 0.00000264. The van der Waals surface area contributed by atoms with Crippen LogP contribution in [0.2, 0.25) is 0 Å². The van der Waals surface area contributed by atoms with Crippen molar-refractivity contribution in [2.75, 3.05) is 6.54 Å². The Labute approximate surface area is 140 Å². The second kappa shape index (κ2) is 7.84. The minimum absolute atomic E-state index is 0. The second-order valence-electron chi connectivity index (χ2n) is 5.99. The number of benzene rings is 1. The van der Waals surface area contributed by atoms with Gasteiger partial charge in [0, 0.05) is 25.5 Å². The van der Waals surface area contributed by atoms with Gasteiger partial charge in [0.1, 0.15) is 11.6 Å². The number of ketones is 1. The third-order valence-corrected chi connectivity index (χ3v) is 4.14. The molecule has 0 aliphatic heterocycles. The highest BCUT2D eigenvalue weighted by molar-refractivity contribution is 5.98. The van der Waals surface area contributed by atoms with Crippen molar-refractivity contribution in [1.29, 1.82) is 0 Å². The lowest BCUT2D eigenvalue weighted by atomic mass is 9.95. The lowest BCUT2D eigenvalue weighted by Crippen LogP contribution is -2.53. The molecule has 4 nitrogen and oxygen atoms in total. The molecule has 0 bridgehead atoms. The van der Waals surface area contributed by atoms with Crippen LogP contribution in [0.5, 0.6) is 0 Å². The zero-order valence-electron chi connectivity index (χ0n) is 12.9. The summed E-state index contributed by atoms with van der Waals surface area (Å²) in [6, 6.07) is 2.78. The molecule has 23 heavy (non-hydrogen) atoms. The largest absolute Gasteiger partial charge is 0.349 e. The van der Waals surface area contributed by atoms with Crippen LogP contribution in [-0.2, 0) is 4.79 Å². The number of hydrogen-bond acceptors (Lipinski definition) is 3. The molecular weight excluding hydrogens is 326 g/mol. The van der Waals surface area contributed by atoms with E-state index >= 15 is 0 Å². The topological polar surface area (TPSA) is 72.2 Å². The number of nitrogens with one attached hydrogen (secondary N) is 1. The molecule has 1 atom stereocenters. The van der Waals surface area contributed by atoms with Crippen molar-refractivity contribution in [3.63, 3.8) is 0 Å². The molecule has 1 aliphatic carbocycles. The van der Waals surface area contributed by atoms with E-state index in [0.29, 0.717) is 18.5 Å². The van der Waals surface area contributed by atoms with Crippen molar-refractivity contribution in [3.8, 4) is 0 Å². The lowest BCUT2D eigenvalue weighted by molar-refractivity contribution is -0.123. The maximum absolute atomic E-state index is 13.5. The molecule has 2 rings (SSSR count). The van der Waals surface area contributed by atoms with Crippen LogP contribution < -0.4 is 11.1 Å². The SMILES string of the molecule is CC(CN)(NC(=O)CCC(=O)c1ccc(F)cc1F)C1CC1.Cl. The predicted molar refractivity (Wildman–Crippen MR) is 85.5 cm³/mol. The van der Waals surface area contributed by atoms with Crippen molar-refractivity contribution < 1.29 is 18.4 Å². The van der Waals surface area contributed by atoms with E-state index in [-0.39, 0.29) is 36.7 Å². The Morgan fingerprint density at radius 1 is 1.30 bits per heavy atom. The van der Waals surface area contributed by atoms with Crippen LogP contribution in [-0.4, -0.2) is 23.8 Å². The fourth-order valence-corrected chi connectivity index (χ4v) is 2.50. The molecular formula is C16H21ClF2N2O2. The van der Waals surface area contributed by atoms with Crippen LogP contribution in [0.25, 0.3) is 0 Å². The van der Waals surface area contributed by atoms with Crippen LogP contribution in [0.15, 0.2) is 18.2 Å². The van der Waals surface area contributed by atoms with Crippen LogP contribution in [0.3, 0.4) is 0 Å². The Morgan fingerprint density at radius 2 is 1.96 bits per heavy atom. The van der Waals surface area contributed by atoms with E-state index < -0.39 is 23.0 Å². The van der Waals surface area contributed by atoms with Crippen molar-refractivity contribution in [1.82, 2.24) is 5.32 Å². The van der Waals surface area contributed by atoms with Crippen molar-refractivity contribution in [3.05, 3.63) is 35.4 Å². The molecule has 1 amide bonds. The van der Waals surface area contributed by atoms with Gasteiger partial charge in [0.25, 0.3) is 0 Å². The molecule has 0 spiro atoms. The summed E-state index contributed by atoms with van der Waals surface area (Å²) < 4.78 is 26.3. The van der Waals surface area contributed by atoms with E-state index in [2.05, 4.69) is 5.32 Å². The van der Waals surface area contributed by atoms with Crippen LogP contribution in [0.4, 0.5) is 8.78 Å². The molecule has 1 fully saturated rings. The third-order valence-electron chi connectivity index (χ3n) is 4.14. The average Bonchev–Trinajstić information content (AvgIpc) is 3.29. The number of hydrogen-bond donors (Lipinski definition) is 2. The minimum Gasteiger partial charge on any atom is -0.349 e. The summed E-state index contributed by atoms with van der Waals surface area (Å²) in [5.41, 5.74) is 5.07. The van der Waals surface area contributed by atoms with Crippen LogP contribution in [0.1, 0.15) is 43.0 Å². The number of halogens is 3. The average molecular weight is 347 g/mol. The van der Waals surface area contributed by atoms with Gasteiger partial charge in [-0.05, 0) is 37.8 Å². The first kappa shape index (κ1) is 19.5. The highest BCUT2D eigenvalue weighted by Gasteiger charge is 2.41. The number of nitrogens with two attached hydrogens (primary N) is 1. The van der Waals surface area contributed by atoms with Crippen molar-refractivity contribution >= 4 is 24.1 Å². The van der Waals surface area contributed by atoms with E-state index in [0.717, 1.165) is 25.0 Å². The quantitative estimate of drug-likeness (QED) is 0.745. The maximum Gasteiger partial charge on any atom is 0.220 e. The highest BCUT2D eigenvalue weighted by Crippen LogP contribution is 2.39. The number of Topliss-reactive ketones (excluding diaryl/α,β-unsaturated/α-hetero) is 1. The molecule has 0 radical (unpaired) electrons. The lowest BCUT2D eigenvalue weighted by Gasteiger charge is -2.29. The molecule has 3 N–H and O–H groups in total. The van der Waals surface area contributed by atoms with E-state index in [4.69, 9.17) is 5.73 Å². The summed E-state index contributed by atoms with van der Waals surface area (Å²) in [7, 11) is 0. The number of amides is 1. The maximum atomic E-state index is 13.5. The molecule has 7 heteroatoms. The Morgan fingerprint density at radius 3 is 2.48 bits per heavy atom. The van der Waals surface area contributed by atoms with E-state index in [1.807, 2.05) is 6.92 Å². The molecule has 0 heterocycles. The van der Waals surface area contributed by atoms with E-state index in [1.165, 1.54) is 0 Å². The molecule has 1 aliphatic rings. The van der Waals surface area contributed by atoms with E-state index in [1.54, 1.807) is 0 Å². The summed E-state index contributed by atoms with van der Waals surface area (Å²) in [6.07, 6.45) is 1.90. The predicted octanol–water partition coefficient (Wildman–Crippen LogP) is 2.59. The Hall–Kier alpha value is -1.53. The number of carbonyl (C=O) groups is 2. The zero-order chi connectivity index (χ0) is 16.3. The molecule has 128 valence electrons. The Kier molecular flexibility index (Phi) is 6.65. The van der Waals surface area contributed by atoms with Crippen LogP contribution >= 0.6 is 12.4 Å². The summed E-state index contributed by atoms with van der Waals surface area (Å²) in [4.78, 5) is 23.8. The molecule has 1 saturated carbocycles. The number of carbonyl (C=O) groups excluding carboxylic acids is 2. The zero-order valence-corrected chi connectivity index (χ0v) is 13.7. The first-order valence-electron chi connectivity index (χ1n) is 7.35. The fraction of sp³-hybridized carbons (Fsp3) is 0.500. The summed E-state index contributed by atoms with van der Waals surface area (Å²) >= 11 is 0. The monoisotopic (exact) mass is 346 g/mol. The van der Waals surface area contributed by atoms with Gasteiger partial charge in [0.05, 0.1) is 11.1 Å². The van der Waals surface area contributed by atoms with Gasteiger partial charge in [-0.2, -0.15) is 0 Å². The van der Waals surface area contributed by atoms with Gasteiger partial charge in [-0.3, -0.25) is 9.59 Å². The molecule has 1 aromatic carbocycles. The van der Waals surface area contributed by atoms with E-state index in [9.17, 15) is 18.4 Å². The molecule has 1 aromatic rings. The van der Waals surface area contributed by atoms with Gasteiger partial charge in [-0.25, -0.2) is 8.78 Å². The van der Waals surface area contributed by atoms with Gasteiger partial charge in [-0.1, -0.05) is 0 Å². The van der Waals surface area contributed by atoms with Gasteiger partial charge in [0.15, 0.2) is 5.78 Å². The first-order chi connectivity index (χ1) is 10.4. The van der Waals surface area contributed by atoms with Gasteiger partial charge < -0.3 is 11.1 Å². The van der Waals surface area contributed by atoms with Crippen LogP contribution in [0, 0.1) is 17.6 Å². The second-order valence-corrected chi connectivity index (χ2v) is 5.99. The summed E-state index contributed by atoms with van der Waals surface area (Å²) in [5.74, 6) is -2.07. The summed E-state index contributed by atoms with van der Waals surface area (Å²) in [5, 5.41) is 2.87. The molecule has 0 aromatic heterocycles. The first-order valence-corrected chi connectivity index (χ1v) is 7.35. The third kappa shape index (κ3) is 4.97. The molecule has 1 unspecified atom stereocenters. The van der Waals surface area contributed by atoms with Gasteiger partial charge in [-0.15, -0.1) is 12.4 Å². The summed E-state index contributed by atoms with van der Waals surface area (Å²) in [6.45, 7) is 2.23. The fourth-order valence-electron chi connectivity index (χ4n) is 2.50. The molecule has 0 saturated heterocycles. The smallest absolute Gasteiger partial charge is 0.220 e. The minimum atomic E-state index is -0.907. The normalized spacial score (nSPS) is 16.2. The van der Waals surface area contributed by atoms with Crippen molar-refractivity contribution in [2.24, 2.45) is 11.7 Å².